The van der Waals surface area contributed by atoms with Crippen LogP contribution in [0.15, 0.2) is 59.5 Å². The Kier molecular flexibility index (Phi) is 7.11. The van der Waals surface area contributed by atoms with Gasteiger partial charge in [0.05, 0.1) is 9.83 Å². The van der Waals surface area contributed by atoms with Crippen molar-refractivity contribution in [3.63, 3.8) is 0 Å². The molecule has 2 N–H and O–H groups in total. The number of thiocarbonyl (C=S) groups is 1. The van der Waals surface area contributed by atoms with Gasteiger partial charge in [0.15, 0.2) is 0 Å². The van der Waals surface area contributed by atoms with Crippen molar-refractivity contribution in [3.05, 3.63) is 80.7 Å². The summed E-state index contributed by atoms with van der Waals surface area (Å²) in [7, 11) is 0. The molecule has 158 valence electrons. The molecule has 0 aliphatic carbocycles. The summed E-state index contributed by atoms with van der Waals surface area (Å²) in [6, 6.07) is 14.3. The van der Waals surface area contributed by atoms with Crippen LogP contribution in [-0.4, -0.2) is 38.4 Å². The lowest BCUT2D eigenvalue weighted by atomic mass is 10.2. The molecule has 0 spiro atoms. The molecule has 1 aliphatic heterocycles. The number of nitro groups is 1. The van der Waals surface area contributed by atoms with Gasteiger partial charge in [0.2, 0.25) is 5.91 Å². The summed E-state index contributed by atoms with van der Waals surface area (Å²) in [5.41, 5.74) is 5.34. The molecule has 0 aromatic heterocycles. The highest BCUT2D eigenvalue weighted by atomic mass is 32.2. The van der Waals surface area contributed by atoms with Crippen LogP contribution < -0.4 is 10.9 Å². The van der Waals surface area contributed by atoms with Crippen molar-refractivity contribution in [1.82, 2.24) is 15.8 Å². The number of nitro benzene ring substituents is 1. The largest absolute Gasteiger partial charge is 0.292 e. The van der Waals surface area contributed by atoms with Crippen molar-refractivity contribution in [2.75, 3.05) is 6.54 Å². The van der Waals surface area contributed by atoms with Gasteiger partial charge in [-0.3, -0.25) is 40.2 Å². The number of nitrogens with one attached hydrogen (secondary N) is 2. The maximum atomic E-state index is 12.6. The summed E-state index contributed by atoms with van der Waals surface area (Å²) in [6.45, 7) is 0.0655. The molecule has 11 heteroatoms. The highest BCUT2D eigenvalue weighted by Gasteiger charge is 2.32. The number of hydrogen-bond acceptors (Lipinski definition) is 7. The van der Waals surface area contributed by atoms with E-state index in [0.717, 1.165) is 5.56 Å². The summed E-state index contributed by atoms with van der Waals surface area (Å²) >= 11 is 6.41. The smallest absolute Gasteiger partial charge is 0.269 e. The third-order valence-electron chi connectivity index (χ3n) is 4.19. The molecule has 3 rings (SSSR count). The Morgan fingerprint density at radius 1 is 1.10 bits per heavy atom. The van der Waals surface area contributed by atoms with Gasteiger partial charge in [-0.15, -0.1) is 0 Å². The molecule has 31 heavy (non-hydrogen) atoms. The van der Waals surface area contributed by atoms with Crippen molar-refractivity contribution in [3.8, 4) is 0 Å². The summed E-state index contributed by atoms with van der Waals surface area (Å²) in [6.07, 6.45) is 1.66. The summed E-state index contributed by atoms with van der Waals surface area (Å²) in [5, 5.41) is 10.6. The van der Waals surface area contributed by atoms with Crippen LogP contribution in [0.4, 0.5) is 5.69 Å². The van der Waals surface area contributed by atoms with Gasteiger partial charge in [-0.25, -0.2) is 0 Å². The standard InChI is InChI=1S/C20H16N4O5S2/c25-17(21-22-18(26)14-6-8-15(9-7-14)24(28)29)10-11-23-19(27)16(31-20(23)30)12-13-4-2-1-3-5-13/h1-9,12H,10-11H2,(H,21,25)(H,22,26). The van der Waals surface area contributed by atoms with Gasteiger partial charge in [0.1, 0.15) is 4.32 Å². The number of non-ortho nitro benzene ring substituents is 1. The first-order chi connectivity index (χ1) is 14.8. The Morgan fingerprint density at radius 2 is 1.77 bits per heavy atom. The topological polar surface area (TPSA) is 122 Å². The molecule has 0 radical (unpaired) electrons. The predicted molar refractivity (Wildman–Crippen MR) is 120 cm³/mol. The van der Waals surface area contributed by atoms with Crippen LogP contribution in [0.2, 0.25) is 0 Å². The highest BCUT2D eigenvalue weighted by molar-refractivity contribution is 8.26. The molecule has 1 saturated heterocycles. The molecule has 0 bridgehead atoms. The molecule has 0 unspecified atom stereocenters. The van der Waals surface area contributed by atoms with Crippen LogP contribution in [0.1, 0.15) is 22.3 Å². The average molecular weight is 457 g/mol. The van der Waals surface area contributed by atoms with E-state index in [1.54, 1.807) is 6.08 Å². The Balaban J connectivity index is 1.49. The van der Waals surface area contributed by atoms with Crippen LogP contribution in [0.5, 0.6) is 0 Å². The fraction of sp³-hybridized carbons (Fsp3) is 0.100. The monoisotopic (exact) mass is 456 g/mol. The number of carbonyl (C=O) groups is 3. The lowest BCUT2D eigenvalue weighted by molar-refractivity contribution is -0.384. The molecule has 0 atom stereocenters. The molecule has 1 heterocycles. The van der Waals surface area contributed by atoms with E-state index in [1.165, 1.54) is 40.9 Å². The molecular formula is C20H16N4O5S2. The van der Waals surface area contributed by atoms with Crippen molar-refractivity contribution in [2.45, 2.75) is 6.42 Å². The van der Waals surface area contributed by atoms with Crippen molar-refractivity contribution in [2.24, 2.45) is 0 Å². The van der Waals surface area contributed by atoms with E-state index >= 15 is 0 Å². The number of hydrogen-bond donors (Lipinski definition) is 2. The number of thioether (sulfide) groups is 1. The lowest BCUT2D eigenvalue weighted by Crippen LogP contribution is -2.43. The first-order valence-corrected chi connectivity index (χ1v) is 10.2. The first kappa shape index (κ1) is 22.1. The van der Waals surface area contributed by atoms with Crippen molar-refractivity contribution in [1.29, 1.82) is 0 Å². The van der Waals surface area contributed by atoms with Gasteiger partial charge in [0, 0.05) is 30.7 Å². The third-order valence-corrected chi connectivity index (χ3v) is 5.57. The van der Waals surface area contributed by atoms with Gasteiger partial charge in [-0.05, 0) is 23.8 Å². The Hall–Kier alpha value is -3.57. The Morgan fingerprint density at radius 3 is 2.42 bits per heavy atom. The van der Waals surface area contributed by atoms with Gasteiger partial charge in [-0.2, -0.15) is 0 Å². The second-order valence-corrected chi connectivity index (χ2v) is 7.98. The number of nitrogens with zero attached hydrogens (tertiary/aromatic N) is 2. The van der Waals surface area contributed by atoms with E-state index in [2.05, 4.69) is 10.9 Å². The van der Waals surface area contributed by atoms with Crippen LogP contribution in [0.3, 0.4) is 0 Å². The summed E-state index contributed by atoms with van der Waals surface area (Å²) < 4.78 is 0.356. The molecule has 2 aromatic carbocycles. The summed E-state index contributed by atoms with van der Waals surface area (Å²) in [5.74, 6) is -1.42. The molecule has 1 aliphatic rings. The number of carbonyl (C=O) groups excluding carboxylic acids is 3. The van der Waals surface area contributed by atoms with E-state index < -0.39 is 16.7 Å². The Bertz CT molecular complexity index is 1070. The zero-order valence-electron chi connectivity index (χ0n) is 15.9. The molecule has 2 aromatic rings. The van der Waals surface area contributed by atoms with E-state index in [4.69, 9.17) is 12.2 Å². The SMILES string of the molecule is O=C(CCN1C(=O)C(=Cc2ccccc2)SC1=S)NNC(=O)c1ccc([N+](=O)[O-])cc1. The molecule has 3 amide bonds. The molecule has 9 nitrogen and oxygen atoms in total. The van der Waals surface area contributed by atoms with E-state index in [9.17, 15) is 24.5 Å². The summed E-state index contributed by atoms with van der Waals surface area (Å²) in [4.78, 5) is 48.5. The highest BCUT2D eigenvalue weighted by Crippen LogP contribution is 2.32. The fourth-order valence-electron chi connectivity index (χ4n) is 2.60. The van der Waals surface area contributed by atoms with E-state index in [0.29, 0.717) is 9.23 Å². The van der Waals surface area contributed by atoms with Gasteiger partial charge >= 0.3 is 0 Å². The van der Waals surface area contributed by atoms with Crippen LogP contribution in [-0.2, 0) is 9.59 Å². The first-order valence-electron chi connectivity index (χ1n) is 8.99. The minimum absolute atomic E-state index is 0.0655. The second kappa shape index (κ2) is 9.96. The second-order valence-electron chi connectivity index (χ2n) is 6.30. The van der Waals surface area contributed by atoms with Crippen molar-refractivity contribution < 1.29 is 19.3 Å². The fourth-order valence-corrected chi connectivity index (χ4v) is 3.91. The van der Waals surface area contributed by atoms with Crippen LogP contribution in [0.25, 0.3) is 6.08 Å². The normalized spacial score (nSPS) is 14.6. The number of benzene rings is 2. The van der Waals surface area contributed by atoms with Gasteiger partial charge < -0.3 is 0 Å². The zero-order chi connectivity index (χ0) is 22.4. The van der Waals surface area contributed by atoms with Gasteiger partial charge in [-0.1, -0.05) is 54.3 Å². The third kappa shape index (κ3) is 5.74. The van der Waals surface area contributed by atoms with E-state index in [-0.39, 0.29) is 30.1 Å². The zero-order valence-corrected chi connectivity index (χ0v) is 17.6. The lowest BCUT2D eigenvalue weighted by Gasteiger charge is -2.14. The van der Waals surface area contributed by atoms with E-state index in [1.807, 2.05) is 30.3 Å². The minimum Gasteiger partial charge on any atom is -0.292 e. The Labute approximate surface area is 186 Å². The van der Waals surface area contributed by atoms with Crippen LogP contribution in [0, 0.1) is 10.1 Å². The van der Waals surface area contributed by atoms with Gasteiger partial charge in [0.25, 0.3) is 17.5 Å². The maximum absolute atomic E-state index is 12.6. The predicted octanol–water partition coefficient (Wildman–Crippen LogP) is 2.65. The maximum Gasteiger partial charge on any atom is 0.269 e. The quantitative estimate of drug-likeness (QED) is 0.297. The number of amides is 3. The molecular weight excluding hydrogens is 440 g/mol. The molecule has 0 saturated carbocycles. The molecule has 1 fully saturated rings. The minimum atomic E-state index is -0.625. The average Bonchev–Trinajstić information content (AvgIpc) is 3.03. The number of hydrazine groups is 1. The number of rotatable bonds is 6. The van der Waals surface area contributed by atoms with Crippen molar-refractivity contribution >= 4 is 57.8 Å². The van der Waals surface area contributed by atoms with Crippen LogP contribution >= 0.6 is 24.0 Å².